The van der Waals surface area contributed by atoms with Crippen LogP contribution in [0.15, 0.2) is 30.3 Å². The Balaban J connectivity index is 1.68. The summed E-state index contributed by atoms with van der Waals surface area (Å²) < 4.78 is 0. The van der Waals surface area contributed by atoms with Gasteiger partial charge in [0.15, 0.2) is 0 Å². The van der Waals surface area contributed by atoms with Gasteiger partial charge in [-0.2, -0.15) is 0 Å². The van der Waals surface area contributed by atoms with Crippen molar-refractivity contribution in [3.05, 3.63) is 35.9 Å². The van der Waals surface area contributed by atoms with E-state index in [0.29, 0.717) is 0 Å². The summed E-state index contributed by atoms with van der Waals surface area (Å²) in [6.45, 7) is 3.47. The predicted octanol–water partition coefficient (Wildman–Crippen LogP) is 2.65. The van der Waals surface area contributed by atoms with Gasteiger partial charge in [-0.3, -0.25) is 0 Å². The van der Waals surface area contributed by atoms with Crippen LogP contribution in [0.4, 0.5) is 0 Å². The van der Waals surface area contributed by atoms with Gasteiger partial charge in [0, 0.05) is 12.6 Å². The average molecular weight is 232 g/mol. The smallest absolute Gasteiger partial charge is 0.0230 e. The van der Waals surface area contributed by atoms with Crippen LogP contribution in [0.1, 0.15) is 31.2 Å². The Morgan fingerprint density at radius 2 is 2.06 bits per heavy atom. The zero-order chi connectivity index (χ0) is 11.9. The summed E-state index contributed by atoms with van der Waals surface area (Å²) in [6.07, 6.45) is 5.40. The molecular weight excluding hydrogens is 208 g/mol. The molecule has 1 aliphatic rings. The first-order valence-electron chi connectivity index (χ1n) is 6.80. The third-order valence-corrected chi connectivity index (χ3v) is 3.57. The van der Waals surface area contributed by atoms with Gasteiger partial charge in [-0.15, -0.1) is 0 Å². The molecular formula is C15H24N2. The van der Waals surface area contributed by atoms with E-state index in [1.807, 2.05) is 0 Å². The highest BCUT2D eigenvalue weighted by Gasteiger charge is 2.12. The normalized spacial score (nSPS) is 20.7. The Kier molecular flexibility index (Phi) is 5.02. The molecule has 0 bridgehead atoms. The van der Waals surface area contributed by atoms with Gasteiger partial charge < -0.3 is 10.2 Å². The number of hydrogen-bond donors (Lipinski definition) is 1. The lowest BCUT2D eigenvalue weighted by Gasteiger charge is -2.26. The molecule has 1 heterocycles. The second-order valence-corrected chi connectivity index (χ2v) is 5.16. The van der Waals surface area contributed by atoms with Gasteiger partial charge in [0.05, 0.1) is 0 Å². The lowest BCUT2D eigenvalue weighted by atomic mass is 10.0. The molecule has 0 spiro atoms. The quantitative estimate of drug-likeness (QED) is 0.839. The minimum absolute atomic E-state index is 0.752. The summed E-state index contributed by atoms with van der Waals surface area (Å²) in [5.74, 6) is 0. The van der Waals surface area contributed by atoms with Crippen LogP contribution >= 0.6 is 0 Å². The number of hydrogen-bond acceptors (Lipinski definition) is 2. The summed E-state index contributed by atoms with van der Waals surface area (Å²) in [5, 5.41) is 3.61. The van der Waals surface area contributed by atoms with E-state index in [1.165, 1.54) is 44.3 Å². The van der Waals surface area contributed by atoms with Gasteiger partial charge in [0.1, 0.15) is 0 Å². The van der Waals surface area contributed by atoms with Gasteiger partial charge in [0.2, 0.25) is 0 Å². The van der Waals surface area contributed by atoms with Crippen molar-refractivity contribution in [2.45, 2.75) is 38.3 Å². The minimum atomic E-state index is 0.752. The largest absolute Gasteiger partial charge is 0.314 e. The fourth-order valence-electron chi connectivity index (χ4n) is 2.52. The van der Waals surface area contributed by atoms with Gasteiger partial charge >= 0.3 is 0 Å². The van der Waals surface area contributed by atoms with Crippen molar-refractivity contribution in [3.63, 3.8) is 0 Å². The van der Waals surface area contributed by atoms with E-state index in [-0.39, 0.29) is 0 Å². The standard InChI is InChI=1S/C15H24N2/c1-17(13-14-7-3-2-4-8-14)12-10-15-9-5-6-11-16-15/h2-4,7-8,15-16H,5-6,9-13H2,1H3/t15-/m1/s1. The maximum Gasteiger partial charge on any atom is 0.0230 e. The maximum absolute atomic E-state index is 3.61. The van der Waals surface area contributed by atoms with Crippen LogP contribution in [0, 0.1) is 0 Å². The third-order valence-electron chi connectivity index (χ3n) is 3.57. The first kappa shape index (κ1) is 12.6. The van der Waals surface area contributed by atoms with Crippen molar-refractivity contribution >= 4 is 0 Å². The molecule has 1 aromatic rings. The molecule has 0 aliphatic carbocycles. The van der Waals surface area contributed by atoms with E-state index < -0.39 is 0 Å². The lowest BCUT2D eigenvalue weighted by Crippen LogP contribution is -2.36. The van der Waals surface area contributed by atoms with Crippen molar-refractivity contribution in [3.8, 4) is 0 Å². The second-order valence-electron chi connectivity index (χ2n) is 5.16. The molecule has 1 atom stereocenters. The fourth-order valence-corrected chi connectivity index (χ4v) is 2.52. The first-order valence-corrected chi connectivity index (χ1v) is 6.80. The lowest BCUT2D eigenvalue weighted by molar-refractivity contribution is 0.282. The van der Waals surface area contributed by atoms with Gasteiger partial charge in [-0.05, 0) is 45.0 Å². The number of nitrogens with one attached hydrogen (secondary N) is 1. The predicted molar refractivity (Wildman–Crippen MR) is 73.0 cm³/mol. The molecule has 2 rings (SSSR count). The van der Waals surface area contributed by atoms with Crippen LogP contribution in [0.25, 0.3) is 0 Å². The van der Waals surface area contributed by atoms with E-state index in [0.717, 1.165) is 12.6 Å². The second kappa shape index (κ2) is 6.77. The number of piperidine rings is 1. The summed E-state index contributed by atoms with van der Waals surface area (Å²) in [6, 6.07) is 11.5. The van der Waals surface area contributed by atoms with Crippen LogP contribution in [-0.4, -0.2) is 31.1 Å². The van der Waals surface area contributed by atoms with Crippen LogP contribution in [0.2, 0.25) is 0 Å². The van der Waals surface area contributed by atoms with Crippen molar-refractivity contribution in [2.24, 2.45) is 0 Å². The van der Waals surface area contributed by atoms with E-state index in [4.69, 9.17) is 0 Å². The number of rotatable bonds is 5. The number of nitrogens with zero attached hydrogens (tertiary/aromatic N) is 1. The zero-order valence-corrected chi connectivity index (χ0v) is 10.9. The van der Waals surface area contributed by atoms with Crippen LogP contribution in [0.3, 0.4) is 0 Å². The van der Waals surface area contributed by atoms with E-state index >= 15 is 0 Å². The summed E-state index contributed by atoms with van der Waals surface area (Å²) in [4.78, 5) is 2.42. The van der Waals surface area contributed by atoms with E-state index in [9.17, 15) is 0 Å². The van der Waals surface area contributed by atoms with Crippen molar-refractivity contribution in [2.75, 3.05) is 20.1 Å². The molecule has 2 heteroatoms. The molecule has 0 amide bonds. The Morgan fingerprint density at radius 1 is 1.24 bits per heavy atom. The molecule has 0 unspecified atom stereocenters. The molecule has 17 heavy (non-hydrogen) atoms. The molecule has 0 aromatic heterocycles. The van der Waals surface area contributed by atoms with Crippen LogP contribution < -0.4 is 5.32 Å². The van der Waals surface area contributed by atoms with Crippen LogP contribution in [0.5, 0.6) is 0 Å². The molecule has 94 valence electrons. The number of benzene rings is 1. The SMILES string of the molecule is CN(CC[C@H]1CCCCN1)Cc1ccccc1. The highest BCUT2D eigenvalue weighted by molar-refractivity contribution is 5.14. The van der Waals surface area contributed by atoms with E-state index in [2.05, 4.69) is 47.6 Å². The topological polar surface area (TPSA) is 15.3 Å². The first-order chi connectivity index (χ1) is 8.34. The average Bonchev–Trinajstić information content (AvgIpc) is 2.39. The molecule has 1 aromatic carbocycles. The molecule has 1 saturated heterocycles. The molecule has 0 saturated carbocycles. The monoisotopic (exact) mass is 232 g/mol. The summed E-state index contributed by atoms with van der Waals surface area (Å²) >= 11 is 0. The van der Waals surface area contributed by atoms with Gasteiger partial charge in [-0.25, -0.2) is 0 Å². The van der Waals surface area contributed by atoms with Gasteiger partial charge in [-0.1, -0.05) is 36.8 Å². The van der Waals surface area contributed by atoms with E-state index in [1.54, 1.807) is 0 Å². The highest BCUT2D eigenvalue weighted by atomic mass is 15.1. The third kappa shape index (κ3) is 4.49. The van der Waals surface area contributed by atoms with Crippen molar-refractivity contribution in [1.29, 1.82) is 0 Å². The van der Waals surface area contributed by atoms with Crippen molar-refractivity contribution in [1.82, 2.24) is 10.2 Å². The Labute approximate surface area is 105 Å². The molecule has 1 fully saturated rings. The fraction of sp³-hybridized carbons (Fsp3) is 0.600. The molecule has 1 aliphatic heterocycles. The van der Waals surface area contributed by atoms with Gasteiger partial charge in [0.25, 0.3) is 0 Å². The Morgan fingerprint density at radius 3 is 2.76 bits per heavy atom. The summed E-state index contributed by atoms with van der Waals surface area (Å²) in [7, 11) is 2.22. The zero-order valence-electron chi connectivity index (χ0n) is 10.9. The Hall–Kier alpha value is -0.860. The molecule has 2 nitrogen and oxygen atoms in total. The maximum atomic E-state index is 3.61. The van der Waals surface area contributed by atoms with Crippen LogP contribution in [-0.2, 0) is 6.54 Å². The molecule has 0 radical (unpaired) electrons. The minimum Gasteiger partial charge on any atom is -0.314 e. The molecule has 1 N–H and O–H groups in total. The van der Waals surface area contributed by atoms with Crippen molar-refractivity contribution < 1.29 is 0 Å². The summed E-state index contributed by atoms with van der Waals surface area (Å²) in [5.41, 5.74) is 1.41. The highest BCUT2D eigenvalue weighted by Crippen LogP contribution is 2.11. The Bertz CT molecular complexity index is 304.